The molecular weight excluding hydrogens is 309 g/mol. The summed E-state index contributed by atoms with van der Waals surface area (Å²) < 4.78 is 1.79. The first-order valence-corrected chi connectivity index (χ1v) is 7.22. The lowest BCUT2D eigenvalue weighted by Crippen LogP contribution is -2.49. The standard InChI is InChI=1S/C14H18ClN5.ClH/c1-11-8-16-6-7-19(11)9-13-10-20(18-17-13)14-4-2-12(15)3-5-14;/h2-5,10-11,16H,6-9H2,1H3;1H/t11-;/m1./s1. The van der Waals surface area contributed by atoms with E-state index in [1.165, 1.54) is 0 Å². The third kappa shape index (κ3) is 3.95. The Hall–Kier alpha value is -1.14. The van der Waals surface area contributed by atoms with Crippen LogP contribution in [0.1, 0.15) is 12.6 Å². The molecular formula is C14H19Cl2N5. The van der Waals surface area contributed by atoms with Gasteiger partial charge >= 0.3 is 0 Å². The van der Waals surface area contributed by atoms with E-state index >= 15 is 0 Å². The van der Waals surface area contributed by atoms with Crippen LogP contribution in [0.15, 0.2) is 30.5 Å². The first kappa shape index (κ1) is 16.2. The molecule has 1 aliphatic rings. The van der Waals surface area contributed by atoms with Crippen LogP contribution in [0.25, 0.3) is 5.69 Å². The molecule has 1 fully saturated rings. The number of piperazine rings is 1. The molecule has 1 N–H and O–H groups in total. The molecule has 0 spiro atoms. The molecule has 5 nitrogen and oxygen atoms in total. The van der Waals surface area contributed by atoms with Gasteiger partial charge in [-0.05, 0) is 31.2 Å². The molecule has 1 aliphatic heterocycles. The summed E-state index contributed by atoms with van der Waals surface area (Å²) in [5.74, 6) is 0. The fourth-order valence-electron chi connectivity index (χ4n) is 2.42. The first-order chi connectivity index (χ1) is 9.72. The molecule has 0 bridgehead atoms. The predicted octanol–water partition coefficient (Wildman–Crippen LogP) is 2.14. The summed E-state index contributed by atoms with van der Waals surface area (Å²) in [6.07, 6.45) is 1.98. The minimum Gasteiger partial charge on any atom is -0.314 e. The van der Waals surface area contributed by atoms with Gasteiger partial charge < -0.3 is 5.32 Å². The van der Waals surface area contributed by atoms with Gasteiger partial charge in [-0.15, -0.1) is 17.5 Å². The molecule has 1 saturated heterocycles. The number of nitrogens with zero attached hydrogens (tertiary/aromatic N) is 4. The van der Waals surface area contributed by atoms with Gasteiger partial charge in [-0.3, -0.25) is 4.90 Å². The van der Waals surface area contributed by atoms with Crippen LogP contribution in [0.5, 0.6) is 0 Å². The molecule has 0 aliphatic carbocycles. The van der Waals surface area contributed by atoms with Crippen LogP contribution in [0.3, 0.4) is 0 Å². The highest BCUT2D eigenvalue weighted by Gasteiger charge is 2.19. The summed E-state index contributed by atoms with van der Waals surface area (Å²) in [6, 6.07) is 8.12. The van der Waals surface area contributed by atoms with Gasteiger partial charge in [-0.1, -0.05) is 16.8 Å². The Bertz CT molecular complexity index is 569. The number of benzene rings is 1. The van der Waals surface area contributed by atoms with Crippen molar-refractivity contribution in [3.8, 4) is 5.69 Å². The smallest absolute Gasteiger partial charge is 0.0971 e. The average Bonchev–Trinajstić information content (AvgIpc) is 2.91. The number of hydrogen-bond acceptors (Lipinski definition) is 4. The van der Waals surface area contributed by atoms with Crippen LogP contribution >= 0.6 is 24.0 Å². The molecule has 1 aromatic carbocycles. The Morgan fingerprint density at radius 3 is 2.81 bits per heavy atom. The Labute approximate surface area is 135 Å². The number of halogens is 2. The number of rotatable bonds is 3. The monoisotopic (exact) mass is 327 g/mol. The Balaban J connectivity index is 0.00000161. The van der Waals surface area contributed by atoms with E-state index in [1.54, 1.807) is 4.68 Å². The zero-order chi connectivity index (χ0) is 13.9. The van der Waals surface area contributed by atoms with Crippen LogP contribution in [-0.4, -0.2) is 45.6 Å². The molecule has 7 heteroatoms. The van der Waals surface area contributed by atoms with E-state index in [4.69, 9.17) is 11.6 Å². The zero-order valence-electron chi connectivity index (χ0n) is 11.9. The van der Waals surface area contributed by atoms with Gasteiger partial charge in [-0.25, -0.2) is 4.68 Å². The number of hydrogen-bond donors (Lipinski definition) is 1. The number of nitrogens with one attached hydrogen (secondary N) is 1. The molecule has 0 unspecified atom stereocenters. The molecule has 3 rings (SSSR count). The van der Waals surface area contributed by atoms with Gasteiger partial charge in [0.1, 0.15) is 0 Å². The van der Waals surface area contributed by atoms with Crippen LogP contribution < -0.4 is 5.32 Å². The van der Waals surface area contributed by atoms with Gasteiger partial charge in [0.15, 0.2) is 0 Å². The van der Waals surface area contributed by atoms with E-state index < -0.39 is 0 Å². The maximum Gasteiger partial charge on any atom is 0.0971 e. The fourth-order valence-corrected chi connectivity index (χ4v) is 2.54. The lowest BCUT2D eigenvalue weighted by molar-refractivity contribution is 0.163. The third-order valence-electron chi connectivity index (χ3n) is 3.64. The van der Waals surface area contributed by atoms with Gasteiger partial charge in [-0.2, -0.15) is 0 Å². The van der Waals surface area contributed by atoms with Gasteiger partial charge in [0.2, 0.25) is 0 Å². The van der Waals surface area contributed by atoms with Crippen molar-refractivity contribution in [3.63, 3.8) is 0 Å². The van der Waals surface area contributed by atoms with Crippen molar-refractivity contribution in [1.82, 2.24) is 25.2 Å². The summed E-state index contributed by atoms with van der Waals surface area (Å²) in [7, 11) is 0. The van der Waals surface area contributed by atoms with E-state index in [-0.39, 0.29) is 12.4 Å². The Morgan fingerprint density at radius 1 is 1.33 bits per heavy atom. The highest BCUT2D eigenvalue weighted by Crippen LogP contribution is 2.14. The molecule has 2 heterocycles. The lowest BCUT2D eigenvalue weighted by atomic mass is 10.2. The maximum atomic E-state index is 5.89. The average molecular weight is 328 g/mol. The summed E-state index contributed by atoms with van der Waals surface area (Å²) in [6.45, 7) is 6.20. The second kappa shape index (κ2) is 7.22. The van der Waals surface area contributed by atoms with Gasteiger partial charge in [0.25, 0.3) is 0 Å². The highest BCUT2D eigenvalue weighted by molar-refractivity contribution is 6.30. The molecule has 0 amide bonds. The Morgan fingerprint density at radius 2 is 2.10 bits per heavy atom. The second-order valence-electron chi connectivity index (χ2n) is 5.15. The van der Waals surface area contributed by atoms with Crippen LogP contribution in [0, 0.1) is 0 Å². The summed E-state index contributed by atoms with van der Waals surface area (Å²) in [4.78, 5) is 2.42. The second-order valence-corrected chi connectivity index (χ2v) is 5.59. The lowest BCUT2D eigenvalue weighted by Gasteiger charge is -2.33. The minimum atomic E-state index is 0. The molecule has 114 valence electrons. The van der Waals surface area contributed by atoms with Crippen molar-refractivity contribution in [3.05, 3.63) is 41.2 Å². The molecule has 0 radical (unpaired) electrons. The minimum absolute atomic E-state index is 0. The van der Waals surface area contributed by atoms with E-state index in [0.717, 1.165) is 42.6 Å². The Kier molecular flexibility index (Phi) is 5.58. The summed E-state index contributed by atoms with van der Waals surface area (Å²) in [5.41, 5.74) is 1.97. The van der Waals surface area contributed by atoms with Crippen molar-refractivity contribution < 1.29 is 0 Å². The van der Waals surface area contributed by atoms with Crippen molar-refractivity contribution in [2.75, 3.05) is 19.6 Å². The molecule has 0 saturated carbocycles. The third-order valence-corrected chi connectivity index (χ3v) is 3.89. The molecule has 2 aromatic rings. The van der Waals surface area contributed by atoms with Crippen molar-refractivity contribution in [1.29, 1.82) is 0 Å². The molecule has 1 aromatic heterocycles. The van der Waals surface area contributed by atoms with Gasteiger partial charge in [0.05, 0.1) is 17.6 Å². The van der Waals surface area contributed by atoms with E-state index in [1.807, 2.05) is 30.5 Å². The highest BCUT2D eigenvalue weighted by atomic mass is 35.5. The van der Waals surface area contributed by atoms with E-state index in [9.17, 15) is 0 Å². The molecule has 21 heavy (non-hydrogen) atoms. The van der Waals surface area contributed by atoms with Crippen molar-refractivity contribution >= 4 is 24.0 Å². The SMILES string of the molecule is C[C@@H]1CNCCN1Cc1cn(-c2ccc(Cl)cc2)nn1.Cl. The predicted molar refractivity (Wildman–Crippen MR) is 86.4 cm³/mol. The summed E-state index contributed by atoms with van der Waals surface area (Å²) >= 11 is 5.89. The topological polar surface area (TPSA) is 46.0 Å². The van der Waals surface area contributed by atoms with Crippen LogP contribution in [0.2, 0.25) is 5.02 Å². The van der Waals surface area contributed by atoms with E-state index in [0.29, 0.717) is 6.04 Å². The summed E-state index contributed by atoms with van der Waals surface area (Å²) in [5, 5.41) is 12.6. The first-order valence-electron chi connectivity index (χ1n) is 6.84. The normalized spacial score (nSPS) is 19.2. The molecule has 1 atom stereocenters. The van der Waals surface area contributed by atoms with Crippen molar-refractivity contribution in [2.45, 2.75) is 19.5 Å². The van der Waals surface area contributed by atoms with Crippen LogP contribution in [-0.2, 0) is 6.54 Å². The zero-order valence-corrected chi connectivity index (χ0v) is 13.4. The quantitative estimate of drug-likeness (QED) is 0.938. The largest absolute Gasteiger partial charge is 0.314 e. The number of aromatic nitrogens is 3. The van der Waals surface area contributed by atoms with Crippen molar-refractivity contribution in [2.24, 2.45) is 0 Å². The maximum absolute atomic E-state index is 5.89. The van der Waals surface area contributed by atoms with Crippen LogP contribution in [0.4, 0.5) is 0 Å². The van der Waals surface area contributed by atoms with E-state index in [2.05, 4.69) is 27.5 Å². The van der Waals surface area contributed by atoms with Gasteiger partial charge in [0, 0.05) is 37.2 Å². The fraction of sp³-hybridized carbons (Fsp3) is 0.429.